The predicted octanol–water partition coefficient (Wildman–Crippen LogP) is 3.97. The Balaban J connectivity index is 1.74. The van der Waals surface area contributed by atoms with Gasteiger partial charge in [0.1, 0.15) is 0 Å². The Morgan fingerprint density at radius 3 is 2.71 bits per heavy atom. The van der Waals surface area contributed by atoms with Crippen LogP contribution in [0.1, 0.15) is 30.0 Å². The van der Waals surface area contributed by atoms with E-state index in [-0.39, 0.29) is 17.6 Å². The highest BCUT2D eigenvalue weighted by atomic mass is 16.6. The molecular weight excluding hydrogens is 304 g/mol. The van der Waals surface area contributed by atoms with Crippen molar-refractivity contribution in [1.82, 2.24) is 4.90 Å². The van der Waals surface area contributed by atoms with Crippen LogP contribution in [0.25, 0.3) is 6.08 Å². The number of hydrogen-bond acceptors (Lipinski definition) is 3. The van der Waals surface area contributed by atoms with Crippen LogP contribution in [0.3, 0.4) is 0 Å². The number of hydrogen-bond donors (Lipinski definition) is 0. The summed E-state index contributed by atoms with van der Waals surface area (Å²) < 4.78 is 0. The lowest BCUT2D eigenvalue weighted by Gasteiger charge is -2.23. The van der Waals surface area contributed by atoms with Gasteiger partial charge in [-0.05, 0) is 30.0 Å². The van der Waals surface area contributed by atoms with Crippen LogP contribution in [0, 0.1) is 10.1 Å². The summed E-state index contributed by atoms with van der Waals surface area (Å²) in [7, 11) is 0. The molecule has 0 spiro atoms. The first-order valence-electron chi connectivity index (χ1n) is 7.93. The van der Waals surface area contributed by atoms with Crippen molar-refractivity contribution in [2.24, 2.45) is 0 Å². The summed E-state index contributed by atoms with van der Waals surface area (Å²) >= 11 is 0. The van der Waals surface area contributed by atoms with E-state index < -0.39 is 4.92 Å². The highest BCUT2D eigenvalue weighted by Crippen LogP contribution is 2.32. The normalized spacial score (nSPS) is 17.3. The number of rotatable bonds is 4. The predicted molar refractivity (Wildman–Crippen MR) is 92.3 cm³/mol. The lowest BCUT2D eigenvalue weighted by Crippen LogP contribution is -2.28. The molecule has 0 saturated carbocycles. The smallest absolute Gasteiger partial charge is 0.270 e. The summed E-state index contributed by atoms with van der Waals surface area (Å²) in [5, 5.41) is 10.8. The zero-order valence-electron chi connectivity index (χ0n) is 13.2. The summed E-state index contributed by atoms with van der Waals surface area (Å²) in [6, 6.07) is 16.4. The molecule has 1 saturated heterocycles. The van der Waals surface area contributed by atoms with Crippen molar-refractivity contribution in [3.63, 3.8) is 0 Å². The Hall–Kier alpha value is -2.95. The van der Waals surface area contributed by atoms with Crippen molar-refractivity contribution in [2.75, 3.05) is 6.54 Å². The van der Waals surface area contributed by atoms with Gasteiger partial charge in [-0.1, -0.05) is 42.5 Å². The molecule has 0 bridgehead atoms. The minimum absolute atomic E-state index is 0.0212. The third-order valence-electron chi connectivity index (χ3n) is 4.22. The van der Waals surface area contributed by atoms with Crippen LogP contribution < -0.4 is 0 Å². The first-order chi connectivity index (χ1) is 11.6. The van der Waals surface area contributed by atoms with Gasteiger partial charge >= 0.3 is 0 Å². The van der Waals surface area contributed by atoms with Crippen LogP contribution in [0.2, 0.25) is 0 Å². The average Bonchev–Trinajstić information content (AvgIpc) is 3.10. The van der Waals surface area contributed by atoms with E-state index in [4.69, 9.17) is 0 Å². The monoisotopic (exact) mass is 322 g/mol. The highest BCUT2D eigenvalue weighted by molar-refractivity contribution is 5.92. The maximum Gasteiger partial charge on any atom is 0.270 e. The molecule has 2 aromatic rings. The summed E-state index contributed by atoms with van der Waals surface area (Å²) in [6.07, 6.45) is 5.08. The number of likely N-dealkylation sites (tertiary alicyclic amines) is 1. The number of carbonyl (C=O) groups is 1. The van der Waals surface area contributed by atoms with Crippen LogP contribution in [0.15, 0.2) is 60.7 Å². The molecule has 5 nitrogen and oxygen atoms in total. The first-order valence-corrected chi connectivity index (χ1v) is 7.93. The van der Waals surface area contributed by atoms with E-state index in [1.807, 2.05) is 35.2 Å². The number of nitrogens with zero attached hydrogens (tertiary/aromatic N) is 2. The van der Waals surface area contributed by atoms with Crippen molar-refractivity contribution in [3.8, 4) is 0 Å². The molecule has 2 aromatic carbocycles. The topological polar surface area (TPSA) is 63.4 Å². The average molecular weight is 322 g/mol. The maximum atomic E-state index is 12.5. The molecule has 1 fully saturated rings. The fraction of sp³-hybridized carbons (Fsp3) is 0.211. The highest BCUT2D eigenvalue weighted by Gasteiger charge is 2.28. The number of benzene rings is 2. The molecule has 3 rings (SSSR count). The number of non-ortho nitro benzene ring substituents is 1. The van der Waals surface area contributed by atoms with E-state index in [9.17, 15) is 14.9 Å². The van der Waals surface area contributed by atoms with Crippen molar-refractivity contribution in [3.05, 3.63) is 81.9 Å². The summed E-state index contributed by atoms with van der Waals surface area (Å²) in [6.45, 7) is 0.734. The molecule has 122 valence electrons. The second-order valence-corrected chi connectivity index (χ2v) is 5.79. The first kappa shape index (κ1) is 15.9. The van der Waals surface area contributed by atoms with Crippen LogP contribution in [0.5, 0.6) is 0 Å². The molecule has 0 aliphatic carbocycles. The molecule has 0 aromatic heterocycles. The van der Waals surface area contributed by atoms with E-state index in [2.05, 4.69) is 0 Å². The lowest BCUT2D eigenvalue weighted by atomic mass is 10.0. The van der Waals surface area contributed by atoms with Crippen LogP contribution in [-0.2, 0) is 4.79 Å². The fourth-order valence-electron chi connectivity index (χ4n) is 3.06. The molecule has 1 aliphatic rings. The lowest BCUT2D eigenvalue weighted by molar-refractivity contribution is -0.384. The van der Waals surface area contributed by atoms with Gasteiger partial charge < -0.3 is 4.90 Å². The quantitative estimate of drug-likeness (QED) is 0.486. The zero-order valence-corrected chi connectivity index (χ0v) is 13.2. The second kappa shape index (κ2) is 7.08. The second-order valence-electron chi connectivity index (χ2n) is 5.79. The molecule has 24 heavy (non-hydrogen) atoms. The third kappa shape index (κ3) is 3.51. The third-order valence-corrected chi connectivity index (χ3v) is 4.22. The Morgan fingerprint density at radius 1 is 1.17 bits per heavy atom. The van der Waals surface area contributed by atoms with Gasteiger partial charge in [-0.3, -0.25) is 14.9 Å². The van der Waals surface area contributed by atoms with Crippen LogP contribution in [-0.4, -0.2) is 22.3 Å². The van der Waals surface area contributed by atoms with Crippen molar-refractivity contribution < 1.29 is 9.72 Å². The Kier molecular flexibility index (Phi) is 4.70. The molecule has 5 heteroatoms. The van der Waals surface area contributed by atoms with Gasteiger partial charge in [-0.25, -0.2) is 0 Å². The fourth-order valence-corrected chi connectivity index (χ4v) is 3.06. The molecule has 1 heterocycles. The molecule has 1 aliphatic heterocycles. The van der Waals surface area contributed by atoms with E-state index in [0.717, 1.165) is 24.9 Å². The molecular formula is C19H18N2O3. The minimum Gasteiger partial charge on any atom is -0.332 e. The number of nitro benzene ring substituents is 1. The summed E-state index contributed by atoms with van der Waals surface area (Å²) in [4.78, 5) is 24.8. The van der Waals surface area contributed by atoms with Crippen molar-refractivity contribution in [1.29, 1.82) is 0 Å². The Morgan fingerprint density at radius 2 is 1.96 bits per heavy atom. The standard InChI is InChI=1S/C19H18N2O3/c22-19(12-11-15-6-4-9-17(14-15)21(23)24)20-13-5-10-18(20)16-7-2-1-3-8-16/h1-4,6-9,11-12,14,18H,5,10,13H2/b12-11+. The van der Waals surface area contributed by atoms with Crippen LogP contribution >= 0.6 is 0 Å². The largest absolute Gasteiger partial charge is 0.332 e. The van der Waals surface area contributed by atoms with Gasteiger partial charge in [0, 0.05) is 24.8 Å². The SMILES string of the molecule is O=C(/C=C/c1cccc([N+](=O)[O-])c1)N1CCCC1c1ccccc1. The Labute approximate surface area is 140 Å². The zero-order chi connectivity index (χ0) is 16.9. The summed E-state index contributed by atoms with van der Waals surface area (Å²) in [5.41, 5.74) is 1.81. The van der Waals surface area contributed by atoms with Crippen molar-refractivity contribution in [2.45, 2.75) is 18.9 Å². The number of carbonyl (C=O) groups excluding carboxylic acids is 1. The Bertz CT molecular complexity index is 771. The molecule has 1 unspecified atom stereocenters. The van der Waals surface area contributed by atoms with E-state index in [1.54, 1.807) is 18.2 Å². The van der Waals surface area contributed by atoms with Gasteiger partial charge in [0.05, 0.1) is 11.0 Å². The van der Waals surface area contributed by atoms with Gasteiger partial charge in [-0.2, -0.15) is 0 Å². The van der Waals surface area contributed by atoms with Crippen molar-refractivity contribution >= 4 is 17.7 Å². The maximum absolute atomic E-state index is 12.5. The van der Waals surface area contributed by atoms with Gasteiger partial charge in [0.25, 0.3) is 5.69 Å². The van der Waals surface area contributed by atoms with Crippen LogP contribution in [0.4, 0.5) is 5.69 Å². The number of amides is 1. The summed E-state index contributed by atoms with van der Waals surface area (Å²) in [5.74, 6) is -0.0622. The van der Waals surface area contributed by atoms with E-state index >= 15 is 0 Å². The van der Waals surface area contributed by atoms with Gasteiger partial charge in [0.2, 0.25) is 5.91 Å². The molecule has 1 amide bonds. The number of nitro groups is 1. The minimum atomic E-state index is -0.439. The molecule has 0 N–H and O–H groups in total. The van der Waals surface area contributed by atoms with E-state index in [0.29, 0.717) is 5.56 Å². The molecule has 1 atom stereocenters. The molecule has 0 radical (unpaired) electrons. The van der Waals surface area contributed by atoms with E-state index in [1.165, 1.54) is 18.2 Å². The van der Waals surface area contributed by atoms with Gasteiger partial charge in [0.15, 0.2) is 0 Å². The van der Waals surface area contributed by atoms with Gasteiger partial charge in [-0.15, -0.1) is 0 Å².